The van der Waals surface area contributed by atoms with E-state index in [9.17, 15) is 9.59 Å². The van der Waals surface area contributed by atoms with Crippen molar-refractivity contribution in [2.45, 2.75) is 57.7 Å². The van der Waals surface area contributed by atoms with Crippen molar-refractivity contribution in [3.63, 3.8) is 0 Å². The number of carbonyl (C=O) groups is 2. The molecular weight excluding hydrogens is 472 g/mol. The van der Waals surface area contributed by atoms with Crippen molar-refractivity contribution in [2.24, 2.45) is 0 Å². The summed E-state index contributed by atoms with van der Waals surface area (Å²) in [6.07, 6.45) is 4.63. The Labute approximate surface area is 218 Å². The van der Waals surface area contributed by atoms with Gasteiger partial charge in [0.1, 0.15) is 11.8 Å². The molecule has 0 radical (unpaired) electrons. The van der Waals surface area contributed by atoms with E-state index in [1.165, 1.54) is 0 Å². The zero-order valence-corrected chi connectivity index (χ0v) is 21.4. The molecule has 188 valence electrons. The van der Waals surface area contributed by atoms with Crippen molar-refractivity contribution >= 4 is 23.4 Å². The smallest absolute Gasteiger partial charge is 0.261 e. The van der Waals surface area contributed by atoms with Crippen LogP contribution in [-0.2, 0) is 22.6 Å². The average molecular weight is 505 g/mol. The quantitative estimate of drug-likeness (QED) is 0.384. The molecule has 0 aromatic heterocycles. The molecule has 1 atom stereocenters. The van der Waals surface area contributed by atoms with E-state index in [2.05, 4.69) is 11.4 Å². The Morgan fingerprint density at radius 2 is 1.67 bits per heavy atom. The lowest BCUT2D eigenvalue weighted by Crippen LogP contribution is -2.53. The van der Waals surface area contributed by atoms with E-state index < -0.39 is 6.04 Å². The number of carbonyl (C=O) groups excluding carboxylic acids is 2. The first-order valence-corrected chi connectivity index (χ1v) is 12.9. The number of aryl methyl sites for hydroxylation is 1. The van der Waals surface area contributed by atoms with Crippen LogP contribution in [0.25, 0.3) is 0 Å². The van der Waals surface area contributed by atoms with Gasteiger partial charge < -0.3 is 15.0 Å². The summed E-state index contributed by atoms with van der Waals surface area (Å²) >= 11 is 5.98. The molecule has 0 bridgehead atoms. The number of nitrogens with one attached hydrogen (secondary N) is 1. The Balaban J connectivity index is 1.60. The average Bonchev–Trinajstić information content (AvgIpc) is 3.39. The topological polar surface area (TPSA) is 58.6 Å². The second-order valence-electron chi connectivity index (χ2n) is 9.45. The van der Waals surface area contributed by atoms with Gasteiger partial charge >= 0.3 is 0 Å². The maximum atomic E-state index is 13.7. The molecule has 0 aliphatic heterocycles. The minimum Gasteiger partial charge on any atom is -0.484 e. The van der Waals surface area contributed by atoms with Crippen molar-refractivity contribution in [1.29, 1.82) is 0 Å². The molecule has 0 heterocycles. The third-order valence-corrected chi connectivity index (χ3v) is 6.84. The van der Waals surface area contributed by atoms with E-state index in [1.54, 1.807) is 29.2 Å². The molecule has 3 aromatic rings. The standard InChI is InChI=1S/C30H33ClN2O3/c1-22-8-7-11-24(18-22)20-33(29(34)21-36-27-16-14-25(31)15-17-27)28(19-23-9-3-2-4-10-23)30(35)32-26-12-5-6-13-26/h2-4,7-11,14-18,26,28H,5-6,12-13,19-21H2,1H3,(H,32,35). The molecule has 1 aliphatic rings. The molecule has 0 saturated heterocycles. The van der Waals surface area contributed by atoms with Crippen LogP contribution in [0.5, 0.6) is 5.75 Å². The first kappa shape index (κ1) is 25.8. The highest BCUT2D eigenvalue weighted by Gasteiger charge is 2.32. The number of rotatable bonds is 10. The molecule has 1 N–H and O–H groups in total. The molecular formula is C30H33ClN2O3. The number of hydrogen-bond donors (Lipinski definition) is 1. The number of halogens is 1. The lowest BCUT2D eigenvalue weighted by Gasteiger charge is -2.32. The van der Waals surface area contributed by atoms with Crippen molar-refractivity contribution in [3.05, 3.63) is 101 Å². The molecule has 5 nitrogen and oxygen atoms in total. The number of nitrogens with zero attached hydrogens (tertiary/aromatic N) is 1. The number of hydrogen-bond acceptors (Lipinski definition) is 3. The van der Waals surface area contributed by atoms with Crippen LogP contribution in [0.2, 0.25) is 5.02 Å². The minimum atomic E-state index is -0.658. The number of ether oxygens (including phenoxy) is 1. The van der Waals surface area contributed by atoms with Gasteiger partial charge in [0.05, 0.1) is 0 Å². The van der Waals surface area contributed by atoms with E-state index >= 15 is 0 Å². The summed E-state index contributed by atoms with van der Waals surface area (Å²) in [6.45, 7) is 2.17. The van der Waals surface area contributed by atoms with Crippen LogP contribution in [-0.4, -0.2) is 35.4 Å². The minimum absolute atomic E-state index is 0.113. The maximum absolute atomic E-state index is 13.7. The summed E-state index contributed by atoms with van der Waals surface area (Å²) < 4.78 is 5.80. The van der Waals surface area contributed by atoms with E-state index in [0.717, 1.165) is 42.4 Å². The number of benzene rings is 3. The fourth-order valence-corrected chi connectivity index (χ4v) is 4.81. The maximum Gasteiger partial charge on any atom is 0.261 e. The molecule has 1 fully saturated rings. The van der Waals surface area contributed by atoms with Gasteiger partial charge in [0.15, 0.2) is 6.61 Å². The summed E-state index contributed by atoms with van der Waals surface area (Å²) in [5, 5.41) is 3.82. The van der Waals surface area contributed by atoms with Gasteiger partial charge in [0.25, 0.3) is 5.91 Å². The molecule has 1 unspecified atom stereocenters. The molecule has 3 aromatic carbocycles. The van der Waals surface area contributed by atoms with Gasteiger partial charge in [-0.1, -0.05) is 84.6 Å². The van der Waals surface area contributed by atoms with E-state index in [0.29, 0.717) is 23.7 Å². The van der Waals surface area contributed by atoms with Gasteiger partial charge in [-0.05, 0) is 55.2 Å². The molecule has 6 heteroatoms. The largest absolute Gasteiger partial charge is 0.484 e. The van der Waals surface area contributed by atoms with E-state index in [4.69, 9.17) is 16.3 Å². The third-order valence-electron chi connectivity index (χ3n) is 6.58. The highest BCUT2D eigenvalue weighted by molar-refractivity contribution is 6.30. The van der Waals surface area contributed by atoms with Crippen molar-refractivity contribution < 1.29 is 14.3 Å². The molecule has 4 rings (SSSR count). The lowest BCUT2D eigenvalue weighted by atomic mass is 10.0. The zero-order valence-electron chi connectivity index (χ0n) is 20.7. The summed E-state index contributed by atoms with van der Waals surface area (Å²) in [5.41, 5.74) is 3.08. The van der Waals surface area contributed by atoms with Crippen LogP contribution in [0.4, 0.5) is 0 Å². The van der Waals surface area contributed by atoms with Crippen molar-refractivity contribution in [1.82, 2.24) is 10.2 Å². The fraction of sp³-hybridized carbons (Fsp3) is 0.333. The number of amides is 2. The Morgan fingerprint density at radius 3 is 2.36 bits per heavy atom. The van der Waals surface area contributed by atoms with Gasteiger partial charge in [0, 0.05) is 24.0 Å². The van der Waals surface area contributed by atoms with Gasteiger partial charge in [-0.2, -0.15) is 0 Å². The van der Waals surface area contributed by atoms with Crippen molar-refractivity contribution in [2.75, 3.05) is 6.61 Å². The first-order valence-electron chi connectivity index (χ1n) is 12.6. The molecule has 1 saturated carbocycles. The highest BCUT2D eigenvalue weighted by Crippen LogP contribution is 2.21. The SMILES string of the molecule is Cc1cccc(CN(C(=O)COc2ccc(Cl)cc2)C(Cc2ccccc2)C(=O)NC2CCCC2)c1. The third kappa shape index (κ3) is 7.34. The Bertz CT molecular complexity index is 1140. The van der Waals surface area contributed by atoms with E-state index in [-0.39, 0.29) is 24.5 Å². The van der Waals surface area contributed by atoms with Crippen LogP contribution in [0.3, 0.4) is 0 Å². The summed E-state index contributed by atoms with van der Waals surface area (Å²) in [4.78, 5) is 29.0. The summed E-state index contributed by atoms with van der Waals surface area (Å²) in [7, 11) is 0. The van der Waals surface area contributed by atoms with Crippen LogP contribution < -0.4 is 10.1 Å². The Kier molecular flexibility index (Phi) is 9.01. The fourth-order valence-electron chi connectivity index (χ4n) is 4.69. The van der Waals surface area contributed by atoms with Crippen LogP contribution in [0, 0.1) is 6.92 Å². The predicted molar refractivity (Wildman–Crippen MR) is 143 cm³/mol. The second-order valence-corrected chi connectivity index (χ2v) is 9.89. The molecule has 2 amide bonds. The summed E-state index contributed by atoms with van der Waals surface area (Å²) in [5.74, 6) is 0.200. The van der Waals surface area contributed by atoms with Gasteiger partial charge in [-0.15, -0.1) is 0 Å². The Hall–Kier alpha value is -3.31. The monoisotopic (exact) mass is 504 g/mol. The van der Waals surface area contributed by atoms with Crippen molar-refractivity contribution in [3.8, 4) is 5.75 Å². The first-order chi connectivity index (χ1) is 17.5. The molecule has 36 heavy (non-hydrogen) atoms. The van der Waals surface area contributed by atoms with Gasteiger partial charge in [-0.25, -0.2) is 0 Å². The normalized spacial score (nSPS) is 14.3. The lowest BCUT2D eigenvalue weighted by molar-refractivity contribution is -0.143. The predicted octanol–water partition coefficient (Wildman–Crippen LogP) is 5.73. The zero-order chi connectivity index (χ0) is 25.3. The van der Waals surface area contributed by atoms with Crippen LogP contribution in [0.15, 0.2) is 78.9 Å². The van der Waals surface area contributed by atoms with Crippen LogP contribution >= 0.6 is 11.6 Å². The highest BCUT2D eigenvalue weighted by atomic mass is 35.5. The van der Waals surface area contributed by atoms with Gasteiger partial charge in [0.2, 0.25) is 5.91 Å². The Morgan fingerprint density at radius 1 is 0.972 bits per heavy atom. The van der Waals surface area contributed by atoms with Gasteiger partial charge in [-0.3, -0.25) is 9.59 Å². The second kappa shape index (κ2) is 12.6. The van der Waals surface area contributed by atoms with Crippen LogP contribution in [0.1, 0.15) is 42.4 Å². The molecule has 1 aliphatic carbocycles. The summed E-state index contributed by atoms with van der Waals surface area (Å²) in [6, 6.07) is 24.3. The molecule has 0 spiro atoms. The van der Waals surface area contributed by atoms with E-state index in [1.807, 2.05) is 55.5 Å².